The molecular weight excluding hydrogens is 526 g/mol. The number of carbonyl (C=O) groups is 3. The molecule has 1 heterocycles. The highest BCUT2D eigenvalue weighted by Crippen LogP contribution is 2.36. The van der Waals surface area contributed by atoms with Crippen molar-refractivity contribution in [1.29, 1.82) is 0 Å². The number of hydrazine groups is 1. The molecule has 3 N–H and O–H groups in total. The molecule has 4 aromatic rings. The van der Waals surface area contributed by atoms with Crippen LogP contribution in [0, 0.1) is 6.92 Å². The zero-order valence-electron chi connectivity index (χ0n) is 17.2. The Morgan fingerprint density at radius 1 is 0.848 bits per heavy atom. The first-order chi connectivity index (χ1) is 15.8. The number of anilines is 1. The van der Waals surface area contributed by atoms with Gasteiger partial charge in [0.05, 0.1) is 5.02 Å². The maximum Gasteiger partial charge on any atom is 0.281 e. The minimum atomic E-state index is -0.507. The van der Waals surface area contributed by atoms with Crippen molar-refractivity contribution in [3.05, 3.63) is 97.8 Å². The van der Waals surface area contributed by atoms with Gasteiger partial charge in [0, 0.05) is 31.4 Å². The van der Waals surface area contributed by atoms with Gasteiger partial charge in [-0.3, -0.25) is 25.2 Å². The third-order valence-electron chi connectivity index (χ3n) is 4.77. The van der Waals surface area contributed by atoms with Crippen molar-refractivity contribution in [3.8, 4) is 0 Å². The van der Waals surface area contributed by atoms with Gasteiger partial charge in [0.1, 0.15) is 4.88 Å². The monoisotopic (exact) mass is 541 g/mol. The average Bonchev–Trinajstić information content (AvgIpc) is 3.13. The number of hydrogen-bond donors (Lipinski definition) is 3. The Morgan fingerprint density at radius 3 is 2.30 bits per heavy atom. The van der Waals surface area contributed by atoms with Gasteiger partial charge in [-0.1, -0.05) is 51.3 Å². The van der Waals surface area contributed by atoms with E-state index in [0.29, 0.717) is 26.7 Å². The molecule has 9 heteroatoms. The van der Waals surface area contributed by atoms with Gasteiger partial charge in [0.15, 0.2) is 0 Å². The van der Waals surface area contributed by atoms with Crippen molar-refractivity contribution < 1.29 is 14.4 Å². The molecule has 0 aliphatic carbocycles. The molecule has 6 nitrogen and oxygen atoms in total. The Kier molecular flexibility index (Phi) is 6.78. The summed E-state index contributed by atoms with van der Waals surface area (Å²) in [4.78, 5) is 37.6. The molecule has 0 spiro atoms. The molecule has 166 valence electrons. The third-order valence-corrected chi connectivity index (χ3v) is 6.92. The standard InChI is InChI=1S/C24H17BrClN3O3S/c1-13-3-2-4-15(11-13)22(30)27-17-8-5-14(6-9-17)23(31)28-29-24(32)21-20(26)18-10-7-16(25)12-19(18)33-21/h2-12H,1H3,(H,27,30)(H,28,31)(H,29,32). The molecule has 0 bridgehead atoms. The van der Waals surface area contributed by atoms with Crippen molar-refractivity contribution in [2.45, 2.75) is 6.92 Å². The van der Waals surface area contributed by atoms with Crippen molar-refractivity contribution in [1.82, 2.24) is 10.9 Å². The molecule has 0 aliphatic rings. The molecule has 0 radical (unpaired) electrons. The zero-order chi connectivity index (χ0) is 23.5. The summed E-state index contributed by atoms with van der Waals surface area (Å²) in [5.41, 5.74) is 7.18. The molecule has 0 fully saturated rings. The lowest BCUT2D eigenvalue weighted by Crippen LogP contribution is -2.41. The van der Waals surface area contributed by atoms with E-state index in [1.807, 2.05) is 37.3 Å². The quantitative estimate of drug-likeness (QED) is 0.278. The predicted octanol–water partition coefficient (Wildman–Crippen LogP) is 5.95. The smallest absolute Gasteiger partial charge is 0.281 e. The van der Waals surface area contributed by atoms with Crippen LogP contribution in [-0.2, 0) is 0 Å². The lowest BCUT2D eigenvalue weighted by atomic mass is 10.1. The number of rotatable bonds is 4. The molecular formula is C24H17BrClN3O3S. The Labute approximate surface area is 207 Å². The zero-order valence-corrected chi connectivity index (χ0v) is 20.4. The number of amides is 3. The highest BCUT2D eigenvalue weighted by atomic mass is 79.9. The van der Waals surface area contributed by atoms with Crippen LogP contribution in [0.4, 0.5) is 5.69 Å². The van der Waals surface area contributed by atoms with Crippen LogP contribution < -0.4 is 16.2 Å². The van der Waals surface area contributed by atoms with Crippen LogP contribution in [-0.4, -0.2) is 17.7 Å². The molecule has 0 saturated heterocycles. The van der Waals surface area contributed by atoms with E-state index in [0.717, 1.165) is 20.1 Å². The fourth-order valence-corrected chi connectivity index (χ4v) is 5.09. The number of aryl methyl sites for hydroxylation is 1. The van der Waals surface area contributed by atoms with Crippen LogP contribution in [0.25, 0.3) is 10.1 Å². The van der Waals surface area contributed by atoms with Crippen LogP contribution in [0.2, 0.25) is 5.02 Å². The topological polar surface area (TPSA) is 87.3 Å². The van der Waals surface area contributed by atoms with Gasteiger partial charge >= 0.3 is 0 Å². The number of fused-ring (bicyclic) bond motifs is 1. The summed E-state index contributed by atoms with van der Waals surface area (Å²) >= 11 is 11.0. The molecule has 0 saturated carbocycles. The van der Waals surface area contributed by atoms with Gasteiger partial charge in [-0.2, -0.15) is 0 Å². The van der Waals surface area contributed by atoms with E-state index in [1.165, 1.54) is 11.3 Å². The van der Waals surface area contributed by atoms with E-state index in [1.54, 1.807) is 36.4 Å². The van der Waals surface area contributed by atoms with E-state index >= 15 is 0 Å². The van der Waals surface area contributed by atoms with Gasteiger partial charge in [0.2, 0.25) is 0 Å². The van der Waals surface area contributed by atoms with Crippen LogP contribution in [0.15, 0.2) is 71.2 Å². The molecule has 3 aromatic carbocycles. The normalized spacial score (nSPS) is 10.6. The third kappa shape index (κ3) is 5.24. The highest BCUT2D eigenvalue weighted by Gasteiger charge is 2.18. The molecule has 0 atom stereocenters. The second-order valence-corrected chi connectivity index (χ2v) is 9.54. The average molecular weight is 543 g/mol. The van der Waals surface area contributed by atoms with Crippen LogP contribution in [0.3, 0.4) is 0 Å². The van der Waals surface area contributed by atoms with Gasteiger partial charge in [-0.05, 0) is 55.5 Å². The Hall–Kier alpha value is -3.20. The van der Waals surface area contributed by atoms with Crippen molar-refractivity contribution in [3.63, 3.8) is 0 Å². The van der Waals surface area contributed by atoms with Crippen LogP contribution in [0.1, 0.15) is 36.0 Å². The fourth-order valence-electron chi connectivity index (χ4n) is 3.12. The molecule has 1 aromatic heterocycles. The van der Waals surface area contributed by atoms with E-state index in [9.17, 15) is 14.4 Å². The molecule has 4 rings (SSSR count). The Balaban J connectivity index is 1.37. The first-order valence-electron chi connectivity index (χ1n) is 9.78. The largest absolute Gasteiger partial charge is 0.322 e. The molecule has 0 unspecified atom stereocenters. The first-order valence-corrected chi connectivity index (χ1v) is 11.8. The van der Waals surface area contributed by atoms with E-state index in [-0.39, 0.29) is 5.91 Å². The summed E-state index contributed by atoms with van der Waals surface area (Å²) in [5, 5.41) is 3.89. The number of halogens is 2. The summed E-state index contributed by atoms with van der Waals surface area (Å²) in [6.07, 6.45) is 0. The van der Waals surface area contributed by atoms with Gasteiger partial charge in [-0.15, -0.1) is 11.3 Å². The van der Waals surface area contributed by atoms with Crippen molar-refractivity contribution >= 4 is 72.4 Å². The number of hydrogen-bond acceptors (Lipinski definition) is 4. The summed E-state index contributed by atoms with van der Waals surface area (Å²) < 4.78 is 1.74. The molecule has 3 amide bonds. The summed E-state index contributed by atoms with van der Waals surface area (Å²) in [7, 11) is 0. The van der Waals surface area contributed by atoms with Gasteiger partial charge < -0.3 is 5.32 Å². The van der Waals surface area contributed by atoms with Crippen LogP contribution in [0.5, 0.6) is 0 Å². The lowest BCUT2D eigenvalue weighted by molar-refractivity contribution is 0.0849. The Bertz CT molecular complexity index is 1390. The van der Waals surface area contributed by atoms with Crippen molar-refractivity contribution in [2.24, 2.45) is 0 Å². The van der Waals surface area contributed by atoms with E-state index in [2.05, 4.69) is 32.1 Å². The maximum atomic E-state index is 12.5. The summed E-state index contributed by atoms with van der Waals surface area (Å²) in [5.74, 6) is -1.25. The number of thiophene rings is 1. The highest BCUT2D eigenvalue weighted by molar-refractivity contribution is 9.10. The van der Waals surface area contributed by atoms with E-state index < -0.39 is 11.8 Å². The molecule has 0 aliphatic heterocycles. The van der Waals surface area contributed by atoms with Gasteiger partial charge in [-0.25, -0.2) is 0 Å². The first kappa shape index (κ1) is 23.0. The Morgan fingerprint density at radius 2 is 1.58 bits per heavy atom. The van der Waals surface area contributed by atoms with Crippen LogP contribution >= 0.6 is 38.9 Å². The van der Waals surface area contributed by atoms with Gasteiger partial charge in [0.25, 0.3) is 17.7 Å². The summed E-state index contributed by atoms with van der Waals surface area (Å²) in [6, 6.07) is 19.1. The maximum absolute atomic E-state index is 12.5. The number of carbonyl (C=O) groups excluding carboxylic acids is 3. The number of benzene rings is 3. The predicted molar refractivity (Wildman–Crippen MR) is 135 cm³/mol. The molecule has 33 heavy (non-hydrogen) atoms. The second-order valence-electron chi connectivity index (χ2n) is 7.19. The summed E-state index contributed by atoms with van der Waals surface area (Å²) in [6.45, 7) is 1.91. The minimum absolute atomic E-state index is 0.240. The second kappa shape index (κ2) is 9.74. The lowest BCUT2D eigenvalue weighted by Gasteiger charge is -2.09. The minimum Gasteiger partial charge on any atom is -0.322 e. The van der Waals surface area contributed by atoms with Crippen molar-refractivity contribution in [2.75, 3.05) is 5.32 Å². The fraction of sp³-hybridized carbons (Fsp3) is 0.0417. The SMILES string of the molecule is Cc1cccc(C(=O)Nc2ccc(C(=O)NNC(=O)c3sc4cc(Br)ccc4c3Cl)cc2)c1. The number of nitrogens with one attached hydrogen (secondary N) is 3. The van der Waals surface area contributed by atoms with E-state index in [4.69, 9.17) is 11.6 Å².